The van der Waals surface area contributed by atoms with Crippen LogP contribution >= 0.6 is 0 Å². The SMILES string of the molecule is CCCCNC(=O)c1cnn(CC)c1N. The molecule has 1 aromatic rings. The maximum atomic E-state index is 11.6. The molecule has 1 aromatic heterocycles. The molecule has 1 heterocycles. The van der Waals surface area contributed by atoms with Crippen molar-refractivity contribution in [3.8, 4) is 0 Å². The van der Waals surface area contributed by atoms with Crippen LogP contribution in [-0.4, -0.2) is 22.2 Å². The van der Waals surface area contributed by atoms with Gasteiger partial charge >= 0.3 is 0 Å². The number of rotatable bonds is 5. The van der Waals surface area contributed by atoms with Crippen molar-refractivity contribution < 1.29 is 4.79 Å². The number of anilines is 1. The van der Waals surface area contributed by atoms with Crippen molar-refractivity contribution in [3.05, 3.63) is 11.8 Å². The Bertz CT molecular complexity index is 332. The van der Waals surface area contributed by atoms with E-state index < -0.39 is 0 Å². The van der Waals surface area contributed by atoms with Gasteiger partial charge in [-0.25, -0.2) is 4.68 Å². The number of nitrogens with zero attached hydrogens (tertiary/aromatic N) is 2. The molecule has 0 atom stereocenters. The molecule has 5 nitrogen and oxygen atoms in total. The minimum atomic E-state index is -0.138. The molecule has 1 rings (SSSR count). The van der Waals surface area contributed by atoms with Gasteiger partial charge in [0.1, 0.15) is 11.4 Å². The van der Waals surface area contributed by atoms with E-state index >= 15 is 0 Å². The number of aryl methyl sites for hydroxylation is 1. The van der Waals surface area contributed by atoms with E-state index in [9.17, 15) is 4.79 Å². The Morgan fingerprint density at radius 1 is 1.60 bits per heavy atom. The quantitative estimate of drug-likeness (QED) is 0.712. The van der Waals surface area contributed by atoms with Crippen LogP contribution in [0, 0.1) is 0 Å². The minimum Gasteiger partial charge on any atom is -0.383 e. The van der Waals surface area contributed by atoms with E-state index in [1.54, 1.807) is 4.68 Å². The average Bonchev–Trinajstić information content (AvgIpc) is 2.60. The molecule has 0 aliphatic carbocycles. The molecular weight excluding hydrogens is 192 g/mol. The van der Waals surface area contributed by atoms with E-state index in [0.29, 0.717) is 24.5 Å². The van der Waals surface area contributed by atoms with Gasteiger partial charge in [-0.1, -0.05) is 13.3 Å². The van der Waals surface area contributed by atoms with Crippen molar-refractivity contribution >= 4 is 11.7 Å². The summed E-state index contributed by atoms with van der Waals surface area (Å²) in [7, 11) is 0. The summed E-state index contributed by atoms with van der Waals surface area (Å²) >= 11 is 0. The first-order valence-electron chi connectivity index (χ1n) is 5.30. The number of nitrogens with one attached hydrogen (secondary N) is 1. The van der Waals surface area contributed by atoms with E-state index in [2.05, 4.69) is 17.3 Å². The molecule has 0 fully saturated rings. The van der Waals surface area contributed by atoms with E-state index in [-0.39, 0.29) is 5.91 Å². The molecule has 0 unspecified atom stereocenters. The molecule has 0 radical (unpaired) electrons. The van der Waals surface area contributed by atoms with Crippen molar-refractivity contribution in [3.63, 3.8) is 0 Å². The Hall–Kier alpha value is -1.52. The average molecular weight is 210 g/mol. The van der Waals surface area contributed by atoms with Gasteiger partial charge in [-0.05, 0) is 13.3 Å². The number of nitrogen functional groups attached to an aromatic ring is 1. The first-order valence-corrected chi connectivity index (χ1v) is 5.30. The fourth-order valence-electron chi connectivity index (χ4n) is 1.30. The number of carbonyl (C=O) groups is 1. The highest BCUT2D eigenvalue weighted by molar-refractivity contribution is 5.98. The lowest BCUT2D eigenvalue weighted by Gasteiger charge is -2.03. The second kappa shape index (κ2) is 5.38. The van der Waals surface area contributed by atoms with E-state index in [4.69, 9.17) is 5.73 Å². The van der Waals surface area contributed by atoms with Gasteiger partial charge in [0.15, 0.2) is 0 Å². The van der Waals surface area contributed by atoms with E-state index in [1.807, 2.05) is 6.92 Å². The number of nitrogens with two attached hydrogens (primary N) is 1. The molecule has 0 aliphatic heterocycles. The van der Waals surface area contributed by atoms with Gasteiger partial charge in [0.2, 0.25) is 0 Å². The van der Waals surface area contributed by atoms with Gasteiger partial charge in [-0.3, -0.25) is 4.79 Å². The van der Waals surface area contributed by atoms with Crippen molar-refractivity contribution in [2.24, 2.45) is 0 Å². The Labute approximate surface area is 89.6 Å². The zero-order valence-corrected chi connectivity index (χ0v) is 9.29. The predicted octanol–water partition coefficient (Wildman–Crippen LogP) is 1.02. The highest BCUT2D eigenvalue weighted by Gasteiger charge is 2.13. The summed E-state index contributed by atoms with van der Waals surface area (Å²) in [5.41, 5.74) is 6.22. The molecule has 3 N–H and O–H groups in total. The monoisotopic (exact) mass is 210 g/mol. The second-order valence-corrected chi connectivity index (χ2v) is 3.37. The van der Waals surface area contributed by atoms with Crippen LogP contribution in [-0.2, 0) is 6.54 Å². The molecule has 0 aromatic carbocycles. The zero-order valence-electron chi connectivity index (χ0n) is 9.29. The predicted molar refractivity (Wildman–Crippen MR) is 59.6 cm³/mol. The maximum Gasteiger partial charge on any atom is 0.256 e. The molecule has 0 bridgehead atoms. The highest BCUT2D eigenvalue weighted by atomic mass is 16.1. The smallest absolute Gasteiger partial charge is 0.256 e. The van der Waals surface area contributed by atoms with Crippen molar-refractivity contribution in [1.29, 1.82) is 0 Å². The fraction of sp³-hybridized carbons (Fsp3) is 0.600. The van der Waals surface area contributed by atoms with Gasteiger partial charge in [0, 0.05) is 13.1 Å². The molecular formula is C10H18N4O. The number of aromatic nitrogens is 2. The van der Waals surface area contributed by atoms with Gasteiger partial charge < -0.3 is 11.1 Å². The lowest BCUT2D eigenvalue weighted by molar-refractivity contribution is 0.0954. The van der Waals surface area contributed by atoms with Crippen LogP contribution in [0.3, 0.4) is 0 Å². The zero-order chi connectivity index (χ0) is 11.3. The third kappa shape index (κ3) is 2.71. The normalized spacial score (nSPS) is 10.3. The summed E-state index contributed by atoms with van der Waals surface area (Å²) in [6.45, 7) is 5.37. The number of hydrogen-bond donors (Lipinski definition) is 2. The summed E-state index contributed by atoms with van der Waals surface area (Å²) in [5, 5.41) is 6.82. The topological polar surface area (TPSA) is 72.9 Å². The van der Waals surface area contributed by atoms with Gasteiger partial charge in [-0.2, -0.15) is 5.10 Å². The number of carbonyl (C=O) groups excluding carboxylic acids is 1. The molecule has 5 heteroatoms. The standard InChI is InChI=1S/C10H18N4O/c1-3-5-6-12-10(15)8-7-13-14(4-2)9(8)11/h7H,3-6,11H2,1-2H3,(H,12,15). The molecule has 84 valence electrons. The number of amides is 1. The number of unbranched alkanes of at least 4 members (excludes halogenated alkanes) is 1. The second-order valence-electron chi connectivity index (χ2n) is 3.37. The van der Waals surface area contributed by atoms with Crippen LogP contribution in [0.15, 0.2) is 6.20 Å². The van der Waals surface area contributed by atoms with E-state index in [1.165, 1.54) is 6.20 Å². The maximum absolute atomic E-state index is 11.6. The summed E-state index contributed by atoms with van der Waals surface area (Å²) < 4.78 is 1.61. The van der Waals surface area contributed by atoms with E-state index in [0.717, 1.165) is 12.8 Å². The Morgan fingerprint density at radius 2 is 2.33 bits per heavy atom. The summed E-state index contributed by atoms with van der Waals surface area (Å²) in [5.74, 6) is 0.298. The van der Waals surface area contributed by atoms with Gasteiger partial charge in [0.25, 0.3) is 5.91 Å². The fourth-order valence-corrected chi connectivity index (χ4v) is 1.30. The lowest BCUT2D eigenvalue weighted by atomic mass is 10.3. The molecule has 0 aliphatic rings. The summed E-state index contributed by atoms with van der Waals surface area (Å²) in [6.07, 6.45) is 3.55. The van der Waals surface area contributed by atoms with Crippen LogP contribution in [0.1, 0.15) is 37.0 Å². The lowest BCUT2D eigenvalue weighted by Crippen LogP contribution is -2.25. The number of hydrogen-bond acceptors (Lipinski definition) is 3. The van der Waals surface area contributed by atoms with Crippen molar-refractivity contribution in [2.75, 3.05) is 12.3 Å². The molecule has 0 saturated heterocycles. The molecule has 0 spiro atoms. The van der Waals surface area contributed by atoms with Crippen molar-refractivity contribution in [1.82, 2.24) is 15.1 Å². The Kier molecular flexibility index (Phi) is 4.15. The summed E-state index contributed by atoms with van der Waals surface area (Å²) in [4.78, 5) is 11.6. The van der Waals surface area contributed by atoms with Crippen LogP contribution in [0.25, 0.3) is 0 Å². The third-order valence-corrected chi connectivity index (χ3v) is 2.24. The van der Waals surface area contributed by atoms with Crippen LogP contribution < -0.4 is 11.1 Å². The van der Waals surface area contributed by atoms with Crippen LogP contribution in [0.4, 0.5) is 5.82 Å². The third-order valence-electron chi connectivity index (χ3n) is 2.24. The highest BCUT2D eigenvalue weighted by Crippen LogP contribution is 2.10. The molecule has 0 saturated carbocycles. The van der Waals surface area contributed by atoms with Crippen molar-refractivity contribution in [2.45, 2.75) is 33.2 Å². The largest absolute Gasteiger partial charge is 0.383 e. The van der Waals surface area contributed by atoms with Gasteiger partial charge in [-0.15, -0.1) is 0 Å². The first kappa shape index (κ1) is 11.6. The van der Waals surface area contributed by atoms with Crippen LogP contribution in [0.2, 0.25) is 0 Å². The van der Waals surface area contributed by atoms with Crippen LogP contribution in [0.5, 0.6) is 0 Å². The molecule has 1 amide bonds. The summed E-state index contributed by atoms with van der Waals surface area (Å²) in [6, 6.07) is 0. The Morgan fingerprint density at radius 3 is 2.87 bits per heavy atom. The first-order chi connectivity index (χ1) is 7.20. The molecule has 15 heavy (non-hydrogen) atoms. The minimum absolute atomic E-state index is 0.138. The van der Waals surface area contributed by atoms with Gasteiger partial charge in [0.05, 0.1) is 6.20 Å². The Balaban J connectivity index is 2.61.